The van der Waals surface area contributed by atoms with Crippen molar-refractivity contribution in [3.05, 3.63) is 58.9 Å². The van der Waals surface area contributed by atoms with Gasteiger partial charge in [0.2, 0.25) is 5.91 Å². The Kier molecular flexibility index (Phi) is 5.77. The molecular formula is C30H35N4O3-. The van der Waals surface area contributed by atoms with Gasteiger partial charge >= 0.3 is 6.09 Å². The number of nitrogens with one attached hydrogen (secondary N) is 1. The normalized spacial score (nSPS) is 20.2. The summed E-state index contributed by atoms with van der Waals surface area (Å²) in [6, 6.07) is 10.5. The minimum Gasteiger partial charge on any atom is -0.444 e. The lowest BCUT2D eigenvalue weighted by atomic mass is 9.99. The van der Waals surface area contributed by atoms with Gasteiger partial charge in [0, 0.05) is 32.1 Å². The summed E-state index contributed by atoms with van der Waals surface area (Å²) in [7, 11) is 0. The summed E-state index contributed by atoms with van der Waals surface area (Å²) in [6.45, 7) is 8.88. The van der Waals surface area contributed by atoms with Crippen LogP contribution in [0.4, 0.5) is 10.5 Å². The third-order valence-electron chi connectivity index (χ3n) is 7.82. The Hall–Kier alpha value is -3.35. The maximum absolute atomic E-state index is 12.4. The average molecular weight is 500 g/mol. The first-order chi connectivity index (χ1) is 17.7. The molecule has 0 radical (unpaired) electrons. The maximum atomic E-state index is 12.4. The van der Waals surface area contributed by atoms with Gasteiger partial charge in [0.1, 0.15) is 5.60 Å². The number of anilines is 1. The molecule has 2 saturated carbocycles. The highest BCUT2D eigenvalue weighted by Gasteiger charge is 2.46. The number of amides is 2. The molecule has 0 atom stereocenters. The quantitative estimate of drug-likeness (QED) is 0.611. The van der Waals surface area contributed by atoms with E-state index >= 15 is 0 Å². The molecule has 0 bridgehead atoms. The Morgan fingerprint density at radius 2 is 1.78 bits per heavy atom. The van der Waals surface area contributed by atoms with Gasteiger partial charge in [0.25, 0.3) is 0 Å². The van der Waals surface area contributed by atoms with Crippen molar-refractivity contribution in [1.82, 2.24) is 15.2 Å². The first-order valence-electron chi connectivity index (χ1n) is 13.5. The third kappa shape index (κ3) is 4.96. The van der Waals surface area contributed by atoms with Crippen molar-refractivity contribution in [2.45, 2.75) is 64.0 Å². The summed E-state index contributed by atoms with van der Waals surface area (Å²) < 4.78 is 5.48. The number of hydrogen-bond donors (Lipinski definition) is 1. The van der Waals surface area contributed by atoms with E-state index < -0.39 is 5.60 Å². The molecular weight excluding hydrogens is 464 g/mol. The highest BCUT2D eigenvalue weighted by molar-refractivity contribution is 5.92. The summed E-state index contributed by atoms with van der Waals surface area (Å²) >= 11 is 0. The zero-order valence-corrected chi connectivity index (χ0v) is 22.0. The van der Waals surface area contributed by atoms with Crippen LogP contribution in [0.1, 0.15) is 68.8 Å². The molecule has 2 aromatic rings. The zero-order valence-electron chi connectivity index (χ0n) is 22.0. The van der Waals surface area contributed by atoms with Crippen LogP contribution in [0.2, 0.25) is 0 Å². The summed E-state index contributed by atoms with van der Waals surface area (Å²) in [5, 5.41) is 3.09. The number of pyridine rings is 1. The highest BCUT2D eigenvalue weighted by atomic mass is 16.6. The molecule has 6 rings (SSSR count). The zero-order chi connectivity index (χ0) is 25.8. The van der Waals surface area contributed by atoms with E-state index in [1.54, 1.807) is 0 Å². The van der Waals surface area contributed by atoms with Crippen LogP contribution in [-0.2, 0) is 21.5 Å². The fraction of sp³-hybridized carbons (Fsp3) is 0.500. The van der Waals surface area contributed by atoms with Crippen LogP contribution in [0.25, 0.3) is 11.6 Å². The lowest BCUT2D eigenvalue weighted by molar-refractivity contribution is -0.132. The van der Waals surface area contributed by atoms with E-state index in [0.29, 0.717) is 5.91 Å². The number of ether oxygens (including phenoxy) is 1. The number of benzene rings is 1. The summed E-state index contributed by atoms with van der Waals surface area (Å²) in [6.07, 6.45) is 9.73. The fourth-order valence-electron chi connectivity index (χ4n) is 5.47. The van der Waals surface area contributed by atoms with Gasteiger partial charge in [0.05, 0.1) is 5.54 Å². The summed E-state index contributed by atoms with van der Waals surface area (Å²) in [4.78, 5) is 33.8. The van der Waals surface area contributed by atoms with E-state index in [0.717, 1.165) is 75.2 Å². The molecule has 1 aromatic heterocycles. The molecule has 2 amide bonds. The van der Waals surface area contributed by atoms with Gasteiger partial charge in [-0.2, -0.15) is 0 Å². The lowest BCUT2D eigenvalue weighted by Crippen LogP contribution is -2.49. The Bertz CT molecular complexity index is 1240. The molecule has 3 aliphatic carbocycles. The minimum atomic E-state index is -0.514. The Balaban J connectivity index is 1.14. The van der Waals surface area contributed by atoms with Gasteiger partial charge in [-0.25, -0.2) is 4.79 Å². The molecule has 37 heavy (non-hydrogen) atoms. The largest absolute Gasteiger partial charge is 0.444 e. The molecule has 1 aromatic carbocycles. The molecule has 1 aliphatic heterocycles. The van der Waals surface area contributed by atoms with Crippen molar-refractivity contribution in [2.75, 3.05) is 31.1 Å². The molecule has 7 nitrogen and oxygen atoms in total. The first kappa shape index (κ1) is 24.0. The van der Waals surface area contributed by atoms with Gasteiger partial charge in [-0.1, -0.05) is 53.5 Å². The van der Waals surface area contributed by atoms with Gasteiger partial charge in [-0.05, 0) is 69.6 Å². The Morgan fingerprint density at radius 1 is 1.08 bits per heavy atom. The summed E-state index contributed by atoms with van der Waals surface area (Å²) in [5.74, 6) is 0.621. The second-order valence-electron chi connectivity index (χ2n) is 11.9. The van der Waals surface area contributed by atoms with Crippen molar-refractivity contribution in [3.8, 4) is 0 Å². The number of aromatic nitrogens is 1. The van der Waals surface area contributed by atoms with E-state index in [-0.39, 0.29) is 17.6 Å². The van der Waals surface area contributed by atoms with Crippen LogP contribution < -0.4 is 10.2 Å². The molecule has 1 N–H and O–H groups in total. The average Bonchev–Trinajstić information content (AvgIpc) is 3.80. The number of piperazine rings is 1. The Morgan fingerprint density at radius 3 is 2.41 bits per heavy atom. The highest BCUT2D eigenvalue weighted by Crippen LogP contribution is 2.46. The summed E-state index contributed by atoms with van der Waals surface area (Å²) in [5.41, 5.74) is 6.07. The van der Waals surface area contributed by atoms with Crippen LogP contribution in [0, 0.1) is 12.1 Å². The molecule has 7 heteroatoms. The monoisotopic (exact) mass is 499 g/mol. The van der Waals surface area contributed by atoms with Gasteiger partial charge in [0.15, 0.2) is 0 Å². The molecule has 0 unspecified atom stereocenters. The SMILES string of the molecule is CC(C)(C)OC(=O)NC1(c2ccc(C3=Cc4c(N5CCN(C(=O)C6CC6)CC5)c[c-]nc4C3)cc2)CC1. The van der Waals surface area contributed by atoms with E-state index in [2.05, 4.69) is 51.7 Å². The molecule has 1 saturated heterocycles. The Labute approximate surface area is 218 Å². The number of allylic oxidation sites excluding steroid dienone is 1. The smallest absolute Gasteiger partial charge is 0.408 e. The predicted molar refractivity (Wildman–Crippen MR) is 143 cm³/mol. The van der Waals surface area contributed by atoms with Crippen molar-refractivity contribution in [1.29, 1.82) is 0 Å². The van der Waals surface area contributed by atoms with E-state index in [1.807, 2.05) is 31.7 Å². The fourth-order valence-corrected chi connectivity index (χ4v) is 5.47. The maximum Gasteiger partial charge on any atom is 0.408 e. The second kappa shape index (κ2) is 8.89. The molecule has 0 spiro atoms. The topological polar surface area (TPSA) is 74.8 Å². The van der Waals surface area contributed by atoms with Crippen molar-refractivity contribution in [3.63, 3.8) is 0 Å². The molecule has 4 aliphatic rings. The molecule has 3 fully saturated rings. The van der Waals surface area contributed by atoms with Gasteiger partial charge in [-0.3, -0.25) is 4.79 Å². The number of carbonyl (C=O) groups is 2. The van der Waals surface area contributed by atoms with Crippen molar-refractivity contribution < 1.29 is 14.3 Å². The van der Waals surface area contributed by atoms with E-state index in [9.17, 15) is 9.59 Å². The number of hydrogen-bond acceptors (Lipinski definition) is 5. The van der Waals surface area contributed by atoms with E-state index in [1.165, 1.54) is 16.7 Å². The predicted octanol–water partition coefficient (Wildman–Crippen LogP) is 4.55. The van der Waals surface area contributed by atoms with Gasteiger partial charge < -0.3 is 24.8 Å². The molecule has 2 heterocycles. The van der Waals surface area contributed by atoms with Crippen LogP contribution in [0.3, 0.4) is 0 Å². The number of nitrogens with zero attached hydrogens (tertiary/aromatic N) is 3. The molecule has 194 valence electrons. The number of alkyl carbamates (subject to hydrolysis) is 1. The standard InChI is InChI=1S/C30H35N4O3/c1-29(2,3)37-28(36)32-30(11-12-30)23-8-6-20(7-9-23)22-18-24-25(19-22)31-13-10-26(24)33-14-16-34(17-15-33)27(35)21-4-5-21/h6-10,18,21H,4-5,11-12,14-17,19H2,1-3H3,(H,32,36)/q-1. The van der Waals surface area contributed by atoms with Crippen LogP contribution in [-0.4, -0.2) is 53.7 Å². The van der Waals surface area contributed by atoms with Crippen LogP contribution in [0.5, 0.6) is 0 Å². The van der Waals surface area contributed by atoms with Gasteiger partial charge in [-0.15, -0.1) is 6.07 Å². The first-order valence-corrected chi connectivity index (χ1v) is 13.5. The lowest BCUT2D eigenvalue weighted by Gasteiger charge is -2.40. The number of rotatable bonds is 5. The van der Waals surface area contributed by atoms with E-state index in [4.69, 9.17) is 4.74 Å². The van der Waals surface area contributed by atoms with Crippen molar-refractivity contribution in [2.24, 2.45) is 5.92 Å². The van der Waals surface area contributed by atoms with Crippen LogP contribution >= 0.6 is 0 Å². The second-order valence-corrected chi connectivity index (χ2v) is 11.9. The third-order valence-corrected chi connectivity index (χ3v) is 7.82. The number of fused-ring (bicyclic) bond motifs is 1. The number of carbonyl (C=O) groups excluding carboxylic acids is 2. The minimum absolute atomic E-state index is 0.282. The van der Waals surface area contributed by atoms with Crippen molar-refractivity contribution >= 4 is 29.3 Å². The van der Waals surface area contributed by atoms with Crippen LogP contribution in [0.15, 0.2) is 30.3 Å².